The second-order valence-corrected chi connectivity index (χ2v) is 9.25. The molecular formula is C22H32N3O2S+. The third-order valence-corrected chi connectivity index (χ3v) is 7.13. The Morgan fingerprint density at radius 2 is 2.18 bits per heavy atom. The molecule has 1 N–H and O–H groups in total. The van der Waals surface area contributed by atoms with Crippen molar-refractivity contribution in [2.75, 3.05) is 25.4 Å². The van der Waals surface area contributed by atoms with Gasteiger partial charge in [-0.05, 0) is 39.3 Å². The highest BCUT2D eigenvalue weighted by atomic mass is 32.2. The summed E-state index contributed by atoms with van der Waals surface area (Å²) >= 11 is 1.92. The van der Waals surface area contributed by atoms with Crippen LogP contribution in [0.4, 0.5) is 11.4 Å². The molecule has 2 unspecified atom stereocenters. The summed E-state index contributed by atoms with van der Waals surface area (Å²) in [6.45, 7) is 12.1. The summed E-state index contributed by atoms with van der Waals surface area (Å²) in [7, 11) is 0. The molecule has 0 aromatic heterocycles. The van der Waals surface area contributed by atoms with Crippen molar-refractivity contribution < 1.29 is 9.82 Å². The Kier molecular flexibility index (Phi) is 6.50. The molecule has 0 radical (unpaired) electrons. The molecule has 0 amide bonds. The predicted molar refractivity (Wildman–Crippen MR) is 117 cm³/mol. The van der Waals surface area contributed by atoms with Gasteiger partial charge in [0.1, 0.15) is 11.7 Å². The zero-order chi connectivity index (χ0) is 20.3. The molecule has 2 aliphatic heterocycles. The molecule has 2 heterocycles. The molecule has 2 atom stereocenters. The Hall–Kier alpha value is -1.79. The molecule has 1 aromatic carbocycles. The number of thioether (sulfide) groups is 1. The molecule has 0 bridgehead atoms. The number of unbranched alkanes of at least 4 members (excludes halogenated alkanes) is 1. The van der Waals surface area contributed by atoms with Crippen LogP contribution in [0.15, 0.2) is 41.5 Å². The second kappa shape index (κ2) is 8.70. The Bertz CT molecular complexity index is 788. The zero-order valence-electron chi connectivity index (χ0n) is 17.4. The molecule has 0 aliphatic carbocycles. The molecule has 2 aliphatic rings. The third kappa shape index (κ3) is 3.98. The lowest BCUT2D eigenvalue weighted by molar-refractivity contribution is -0.850. The van der Waals surface area contributed by atoms with Gasteiger partial charge in [-0.3, -0.25) is 15.0 Å². The Morgan fingerprint density at radius 3 is 2.86 bits per heavy atom. The van der Waals surface area contributed by atoms with Crippen LogP contribution >= 0.6 is 11.8 Å². The summed E-state index contributed by atoms with van der Waals surface area (Å²) < 4.78 is 0. The summed E-state index contributed by atoms with van der Waals surface area (Å²) in [6.07, 6.45) is 9.05. The Morgan fingerprint density at radius 1 is 1.39 bits per heavy atom. The van der Waals surface area contributed by atoms with E-state index >= 15 is 0 Å². The number of quaternary nitrogens is 1. The molecule has 0 saturated carbocycles. The SMILES string of the molecule is CCCC[NH+]1c2ccc([N+](=O)[O-])cc2C(C)(C)C1C=CC=C1SCCN1CC. The largest absolute Gasteiger partial charge is 0.366 e. The van der Waals surface area contributed by atoms with Gasteiger partial charge >= 0.3 is 0 Å². The average Bonchev–Trinajstić information content (AvgIpc) is 3.21. The van der Waals surface area contributed by atoms with Gasteiger partial charge in [-0.2, -0.15) is 0 Å². The van der Waals surface area contributed by atoms with E-state index in [0.717, 1.165) is 43.8 Å². The summed E-state index contributed by atoms with van der Waals surface area (Å²) in [6, 6.07) is 5.69. The normalized spacial score (nSPS) is 25.0. The van der Waals surface area contributed by atoms with Crippen molar-refractivity contribution in [1.29, 1.82) is 0 Å². The number of nitrogens with one attached hydrogen (secondary N) is 1. The molecule has 3 rings (SSSR count). The molecule has 5 nitrogen and oxygen atoms in total. The van der Waals surface area contributed by atoms with Gasteiger partial charge < -0.3 is 4.90 Å². The Balaban J connectivity index is 1.92. The van der Waals surface area contributed by atoms with Gasteiger partial charge in [0.15, 0.2) is 0 Å². The molecule has 28 heavy (non-hydrogen) atoms. The van der Waals surface area contributed by atoms with Crippen molar-refractivity contribution in [2.24, 2.45) is 0 Å². The first kappa shape index (κ1) is 20.9. The topological polar surface area (TPSA) is 50.8 Å². The third-order valence-electron chi connectivity index (χ3n) is 6.05. The number of nitro groups is 1. The fourth-order valence-corrected chi connectivity index (χ4v) is 5.52. The maximum absolute atomic E-state index is 11.3. The van der Waals surface area contributed by atoms with E-state index in [1.54, 1.807) is 12.1 Å². The molecular weight excluding hydrogens is 370 g/mol. The maximum atomic E-state index is 11.3. The van der Waals surface area contributed by atoms with Gasteiger partial charge in [0.05, 0.1) is 21.9 Å². The number of fused-ring (bicyclic) bond motifs is 1. The van der Waals surface area contributed by atoms with Crippen molar-refractivity contribution in [2.45, 2.75) is 52.0 Å². The van der Waals surface area contributed by atoms with E-state index in [4.69, 9.17) is 0 Å². The highest BCUT2D eigenvalue weighted by Gasteiger charge is 2.48. The molecule has 6 heteroatoms. The number of non-ortho nitro benzene ring substituents is 1. The number of nitro benzene ring substituents is 1. The number of nitrogens with zero attached hydrogens (tertiary/aromatic N) is 2. The lowest BCUT2D eigenvalue weighted by atomic mass is 9.80. The zero-order valence-corrected chi connectivity index (χ0v) is 18.2. The number of benzene rings is 1. The number of hydrogen-bond acceptors (Lipinski definition) is 4. The molecule has 1 aromatic rings. The van der Waals surface area contributed by atoms with Gasteiger partial charge in [-0.25, -0.2) is 0 Å². The van der Waals surface area contributed by atoms with Gasteiger partial charge in [0, 0.05) is 42.6 Å². The highest BCUT2D eigenvalue weighted by Crippen LogP contribution is 2.39. The minimum atomic E-state index is -0.285. The van der Waals surface area contributed by atoms with Crippen LogP contribution in [0.2, 0.25) is 0 Å². The molecule has 1 saturated heterocycles. The van der Waals surface area contributed by atoms with Crippen molar-refractivity contribution in [3.63, 3.8) is 0 Å². The van der Waals surface area contributed by atoms with Crippen LogP contribution < -0.4 is 4.90 Å². The summed E-state index contributed by atoms with van der Waals surface area (Å²) in [5.41, 5.74) is 2.37. The standard InChI is InChI=1S/C22H31N3O2S/c1-5-7-13-24-19-12-11-17(25(26)27)16-18(19)22(3,4)20(24)9-8-10-21-23(6-2)14-15-28-21/h8-12,16,20H,5-7,13-15H2,1-4H3/p+1. The second-order valence-electron chi connectivity index (χ2n) is 8.13. The number of rotatable bonds is 7. The monoisotopic (exact) mass is 402 g/mol. The van der Waals surface area contributed by atoms with Gasteiger partial charge in [0.2, 0.25) is 0 Å². The fraction of sp³-hybridized carbons (Fsp3) is 0.545. The first-order valence-corrected chi connectivity index (χ1v) is 11.3. The quantitative estimate of drug-likeness (QED) is 0.552. The number of hydrogen-bond donors (Lipinski definition) is 1. The van der Waals surface area contributed by atoms with Crippen LogP contribution in [0.1, 0.15) is 46.1 Å². The van der Waals surface area contributed by atoms with E-state index in [-0.39, 0.29) is 22.1 Å². The lowest BCUT2D eigenvalue weighted by Crippen LogP contribution is -3.10. The maximum Gasteiger partial charge on any atom is 0.270 e. The van der Waals surface area contributed by atoms with Crippen LogP contribution in [0.3, 0.4) is 0 Å². The van der Waals surface area contributed by atoms with Crippen molar-refractivity contribution in [3.05, 3.63) is 57.1 Å². The smallest absolute Gasteiger partial charge is 0.270 e. The number of allylic oxidation sites excluding steroid dienone is 2. The van der Waals surface area contributed by atoms with Gasteiger partial charge in [0.25, 0.3) is 5.69 Å². The van der Waals surface area contributed by atoms with Crippen LogP contribution in [0.5, 0.6) is 0 Å². The van der Waals surface area contributed by atoms with Crippen LogP contribution in [0, 0.1) is 10.1 Å². The summed E-state index contributed by atoms with van der Waals surface area (Å²) in [5.74, 6) is 1.16. The van der Waals surface area contributed by atoms with E-state index < -0.39 is 0 Å². The van der Waals surface area contributed by atoms with E-state index in [1.807, 2.05) is 17.8 Å². The fourth-order valence-electron chi connectivity index (χ4n) is 4.42. The van der Waals surface area contributed by atoms with Crippen molar-refractivity contribution >= 4 is 23.1 Å². The molecule has 1 fully saturated rings. The van der Waals surface area contributed by atoms with E-state index in [1.165, 1.54) is 15.6 Å². The van der Waals surface area contributed by atoms with E-state index in [2.05, 4.69) is 50.8 Å². The van der Waals surface area contributed by atoms with Crippen molar-refractivity contribution in [3.8, 4) is 0 Å². The average molecular weight is 403 g/mol. The molecule has 152 valence electrons. The van der Waals surface area contributed by atoms with Gasteiger partial charge in [-0.1, -0.05) is 19.4 Å². The predicted octanol–water partition coefficient (Wildman–Crippen LogP) is 4.04. The highest BCUT2D eigenvalue weighted by molar-refractivity contribution is 8.03. The minimum Gasteiger partial charge on any atom is -0.366 e. The molecule has 0 spiro atoms. The lowest BCUT2D eigenvalue weighted by Gasteiger charge is -2.27. The van der Waals surface area contributed by atoms with Crippen molar-refractivity contribution in [1.82, 2.24) is 4.90 Å². The Labute approximate surface area is 172 Å². The first-order valence-electron chi connectivity index (χ1n) is 10.3. The van der Waals surface area contributed by atoms with Crippen LogP contribution in [0.25, 0.3) is 0 Å². The first-order chi connectivity index (χ1) is 13.4. The van der Waals surface area contributed by atoms with E-state index in [0.29, 0.717) is 0 Å². The van der Waals surface area contributed by atoms with Crippen LogP contribution in [-0.2, 0) is 5.41 Å². The van der Waals surface area contributed by atoms with Crippen LogP contribution in [-0.4, -0.2) is 41.3 Å². The van der Waals surface area contributed by atoms with Gasteiger partial charge in [-0.15, -0.1) is 11.8 Å². The minimum absolute atomic E-state index is 0.146. The van der Waals surface area contributed by atoms with E-state index in [9.17, 15) is 10.1 Å². The summed E-state index contributed by atoms with van der Waals surface area (Å²) in [4.78, 5) is 14.8. The summed E-state index contributed by atoms with van der Waals surface area (Å²) in [5, 5.41) is 12.6.